The number of hydrogen-bond acceptors (Lipinski definition) is 6. The van der Waals surface area contributed by atoms with Crippen LogP contribution in [0.15, 0.2) is 48.5 Å². The van der Waals surface area contributed by atoms with Crippen molar-refractivity contribution in [3.8, 4) is 16.9 Å². The zero-order chi connectivity index (χ0) is 23.4. The lowest BCUT2D eigenvalue weighted by molar-refractivity contribution is -0.267. The molecule has 0 amide bonds. The third kappa shape index (κ3) is 5.96. The van der Waals surface area contributed by atoms with Crippen LogP contribution in [0, 0.1) is 4.78 Å². The molecule has 0 fully saturated rings. The third-order valence-electron chi connectivity index (χ3n) is 4.92. The molecule has 2 aromatic rings. The minimum Gasteiger partial charge on any atom is -0.507 e. The van der Waals surface area contributed by atoms with Gasteiger partial charge in [0.15, 0.2) is 5.60 Å². The van der Waals surface area contributed by atoms with Crippen molar-refractivity contribution in [3.05, 3.63) is 54.1 Å². The van der Waals surface area contributed by atoms with Crippen molar-refractivity contribution in [2.24, 2.45) is 5.73 Å². The zero-order valence-corrected chi connectivity index (χ0v) is 17.1. The van der Waals surface area contributed by atoms with Crippen molar-refractivity contribution < 1.29 is 37.5 Å². The SMILES string of the molecule is N=S(=O)(CC[C@H](N)C(=O)O)CCC(O)(c1ccc(-c2ccccc2O)cc1)C(F)(F)F. The Labute approximate surface area is 177 Å². The predicted molar refractivity (Wildman–Crippen MR) is 109 cm³/mol. The van der Waals surface area contributed by atoms with Crippen LogP contribution in [0.3, 0.4) is 0 Å². The number of carboxylic acids is 1. The molecule has 2 aromatic carbocycles. The highest BCUT2D eigenvalue weighted by Crippen LogP contribution is 2.42. The van der Waals surface area contributed by atoms with Gasteiger partial charge in [-0.15, -0.1) is 0 Å². The first-order chi connectivity index (χ1) is 14.3. The van der Waals surface area contributed by atoms with Gasteiger partial charge in [-0.05, 0) is 23.6 Å². The maximum Gasteiger partial charge on any atom is 0.421 e. The van der Waals surface area contributed by atoms with E-state index in [0.717, 1.165) is 12.1 Å². The van der Waals surface area contributed by atoms with Crippen LogP contribution in [0.5, 0.6) is 5.75 Å². The number of aliphatic carboxylic acids is 1. The Morgan fingerprint density at radius 3 is 2.19 bits per heavy atom. The molecule has 0 aliphatic heterocycles. The summed E-state index contributed by atoms with van der Waals surface area (Å²) in [6.45, 7) is 0. The second-order valence-electron chi connectivity index (χ2n) is 7.16. The largest absolute Gasteiger partial charge is 0.507 e. The highest BCUT2D eigenvalue weighted by atomic mass is 32.2. The minimum atomic E-state index is -5.11. The zero-order valence-electron chi connectivity index (χ0n) is 16.3. The quantitative estimate of drug-likeness (QED) is 0.389. The molecule has 6 N–H and O–H groups in total. The molecule has 0 aliphatic carbocycles. The number of aromatic hydroxyl groups is 1. The Hall–Kier alpha value is -2.63. The number of carbonyl (C=O) groups is 1. The van der Waals surface area contributed by atoms with Crippen molar-refractivity contribution in [2.45, 2.75) is 30.7 Å². The van der Waals surface area contributed by atoms with Crippen LogP contribution in [0.4, 0.5) is 13.2 Å². The summed E-state index contributed by atoms with van der Waals surface area (Å²) in [4.78, 5) is 10.7. The number of phenols is 1. The number of nitrogens with one attached hydrogen (secondary N) is 1. The highest BCUT2D eigenvalue weighted by molar-refractivity contribution is 7.92. The van der Waals surface area contributed by atoms with Gasteiger partial charge in [-0.1, -0.05) is 42.5 Å². The average Bonchev–Trinajstić information content (AvgIpc) is 2.70. The fourth-order valence-electron chi connectivity index (χ4n) is 2.95. The number of benzene rings is 2. The van der Waals surface area contributed by atoms with E-state index in [-0.39, 0.29) is 12.2 Å². The molecular formula is C20H23F3N2O5S. The second-order valence-corrected chi connectivity index (χ2v) is 9.60. The fraction of sp³-hybridized carbons (Fsp3) is 0.350. The van der Waals surface area contributed by atoms with E-state index in [1.807, 2.05) is 0 Å². The lowest BCUT2D eigenvalue weighted by Crippen LogP contribution is -2.44. The number of alkyl halides is 3. The number of carboxylic acid groups (broad SMARTS) is 1. The fourth-order valence-corrected chi connectivity index (χ4v) is 4.41. The maximum atomic E-state index is 13.7. The molecule has 0 aliphatic rings. The third-order valence-corrected chi connectivity index (χ3v) is 6.67. The topological polar surface area (TPSA) is 145 Å². The molecule has 31 heavy (non-hydrogen) atoms. The Morgan fingerprint density at radius 1 is 1.10 bits per heavy atom. The second kappa shape index (κ2) is 9.25. The molecule has 0 radical (unpaired) electrons. The van der Waals surface area contributed by atoms with Crippen LogP contribution >= 0.6 is 0 Å². The molecule has 3 atom stereocenters. The Kier molecular flexibility index (Phi) is 7.35. The number of nitrogens with two attached hydrogens (primary N) is 1. The van der Waals surface area contributed by atoms with Gasteiger partial charge in [0.25, 0.3) is 0 Å². The monoisotopic (exact) mass is 460 g/mol. The Bertz CT molecular complexity index is 1030. The van der Waals surface area contributed by atoms with E-state index in [2.05, 4.69) is 0 Å². The van der Waals surface area contributed by atoms with E-state index in [9.17, 15) is 32.4 Å². The normalized spacial score (nSPS) is 16.8. The molecule has 170 valence electrons. The number of hydrogen-bond donors (Lipinski definition) is 5. The number of halogens is 3. The van der Waals surface area contributed by atoms with Crippen LogP contribution in [-0.2, 0) is 20.1 Å². The summed E-state index contributed by atoms with van der Waals surface area (Å²) in [7, 11) is -3.60. The van der Waals surface area contributed by atoms with Gasteiger partial charge in [0.05, 0.1) is 0 Å². The standard InChI is InChI=1S/C20H23F3N2O5S/c21-20(22,23)19(29,10-12-31(25,30)11-9-16(24)18(27)28)14-7-5-13(6-8-14)15-3-1-2-4-17(15)26/h1-8,16,25-26,29H,9-12,24H2,(H,27,28)/t16-,19?,31?/m0/s1. The summed E-state index contributed by atoms with van der Waals surface area (Å²) < 4.78 is 61.3. The van der Waals surface area contributed by atoms with Gasteiger partial charge in [0, 0.05) is 33.2 Å². The molecule has 0 spiro atoms. The smallest absolute Gasteiger partial charge is 0.421 e. The molecule has 2 unspecified atom stereocenters. The van der Waals surface area contributed by atoms with E-state index >= 15 is 0 Å². The lowest BCUT2D eigenvalue weighted by Gasteiger charge is -2.31. The van der Waals surface area contributed by atoms with Gasteiger partial charge >= 0.3 is 12.1 Å². The molecule has 0 aromatic heterocycles. The van der Waals surface area contributed by atoms with E-state index < -0.39 is 57.0 Å². The molecule has 0 saturated carbocycles. The van der Waals surface area contributed by atoms with Gasteiger partial charge < -0.3 is 21.1 Å². The first-order valence-corrected chi connectivity index (χ1v) is 11.1. The van der Waals surface area contributed by atoms with Crippen LogP contribution in [0.1, 0.15) is 18.4 Å². The van der Waals surface area contributed by atoms with Crippen LogP contribution in [-0.4, -0.2) is 49.2 Å². The van der Waals surface area contributed by atoms with Crippen molar-refractivity contribution in [1.29, 1.82) is 4.78 Å². The maximum absolute atomic E-state index is 13.7. The van der Waals surface area contributed by atoms with Crippen molar-refractivity contribution >= 4 is 15.7 Å². The van der Waals surface area contributed by atoms with Crippen LogP contribution < -0.4 is 5.73 Å². The van der Waals surface area contributed by atoms with Crippen LogP contribution in [0.2, 0.25) is 0 Å². The molecular weight excluding hydrogens is 437 g/mol. The van der Waals surface area contributed by atoms with E-state index in [0.29, 0.717) is 11.1 Å². The minimum absolute atomic E-state index is 0.0603. The summed E-state index contributed by atoms with van der Waals surface area (Å²) >= 11 is 0. The molecule has 0 bridgehead atoms. The molecule has 11 heteroatoms. The van der Waals surface area contributed by atoms with Gasteiger partial charge in [0.1, 0.15) is 11.8 Å². The summed E-state index contributed by atoms with van der Waals surface area (Å²) in [5, 5.41) is 29.1. The average molecular weight is 460 g/mol. The van der Waals surface area contributed by atoms with Gasteiger partial charge in [-0.25, -0.2) is 4.21 Å². The van der Waals surface area contributed by atoms with E-state index in [1.54, 1.807) is 18.2 Å². The number of phenolic OH excluding ortho intramolecular Hbond substituents is 1. The molecule has 0 saturated heterocycles. The van der Waals surface area contributed by atoms with Gasteiger partial charge in [-0.2, -0.15) is 13.2 Å². The summed E-state index contributed by atoms with van der Waals surface area (Å²) in [5.74, 6) is -2.72. The van der Waals surface area contributed by atoms with E-state index in [1.165, 1.54) is 18.2 Å². The highest BCUT2D eigenvalue weighted by Gasteiger charge is 2.54. The van der Waals surface area contributed by atoms with Crippen molar-refractivity contribution in [1.82, 2.24) is 0 Å². The molecule has 2 rings (SSSR count). The molecule has 7 nitrogen and oxygen atoms in total. The van der Waals surface area contributed by atoms with Crippen molar-refractivity contribution in [3.63, 3.8) is 0 Å². The lowest BCUT2D eigenvalue weighted by atomic mass is 9.89. The Morgan fingerprint density at radius 2 is 1.68 bits per heavy atom. The number of aliphatic hydroxyl groups is 1. The van der Waals surface area contributed by atoms with Gasteiger partial charge in [0.2, 0.25) is 0 Å². The number of para-hydroxylation sites is 1. The summed E-state index contributed by atoms with van der Waals surface area (Å²) in [6, 6.07) is 9.61. The first-order valence-electron chi connectivity index (χ1n) is 9.17. The van der Waals surface area contributed by atoms with Crippen molar-refractivity contribution in [2.75, 3.05) is 11.5 Å². The molecule has 0 heterocycles. The van der Waals surface area contributed by atoms with Crippen LogP contribution in [0.25, 0.3) is 11.1 Å². The summed E-state index contributed by atoms with van der Waals surface area (Å²) in [5.41, 5.74) is 2.25. The van der Waals surface area contributed by atoms with E-state index in [4.69, 9.17) is 15.6 Å². The predicted octanol–water partition coefficient (Wildman–Crippen LogP) is 3.05. The van der Waals surface area contributed by atoms with Gasteiger partial charge in [-0.3, -0.25) is 9.57 Å². The first kappa shape index (κ1) is 24.6. The number of rotatable bonds is 9. The summed E-state index contributed by atoms with van der Waals surface area (Å²) in [6.07, 6.45) is -6.50. The Balaban J connectivity index is 2.24.